The molecule has 2 heterocycles. The van der Waals surface area contributed by atoms with E-state index in [4.69, 9.17) is 9.15 Å². The van der Waals surface area contributed by atoms with Crippen molar-refractivity contribution in [3.8, 4) is 0 Å². The molecule has 9 heteroatoms. The molecule has 1 fully saturated rings. The minimum atomic E-state index is -0.518. The maximum absolute atomic E-state index is 13.7. The average molecular weight is 449 g/mol. The summed E-state index contributed by atoms with van der Waals surface area (Å²) in [6.45, 7) is 12.2. The zero-order chi connectivity index (χ0) is 23.3. The van der Waals surface area contributed by atoms with Gasteiger partial charge in [-0.15, -0.1) is 0 Å². The number of amides is 1. The molecule has 1 amide bonds. The molecule has 1 aliphatic heterocycles. The highest BCUT2D eigenvalue weighted by atomic mass is 19.1. The van der Waals surface area contributed by atoms with Gasteiger partial charge in [0.1, 0.15) is 12.1 Å². The quantitative estimate of drug-likeness (QED) is 0.642. The van der Waals surface area contributed by atoms with Crippen LogP contribution in [0, 0.1) is 12.7 Å². The second-order valence-electron chi connectivity index (χ2n) is 9.20. The van der Waals surface area contributed by atoms with Crippen molar-refractivity contribution in [3.05, 3.63) is 47.4 Å². The van der Waals surface area contributed by atoms with Gasteiger partial charge in [0.2, 0.25) is 5.89 Å². The first-order valence-corrected chi connectivity index (χ1v) is 10.9. The first-order valence-electron chi connectivity index (χ1n) is 10.9. The van der Waals surface area contributed by atoms with Crippen LogP contribution in [0.1, 0.15) is 42.7 Å². The van der Waals surface area contributed by atoms with E-state index in [2.05, 4.69) is 20.1 Å². The number of nitrogens with zero attached hydrogens (tertiary/aromatic N) is 3. The van der Waals surface area contributed by atoms with E-state index in [0.29, 0.717) is 36.8 Å². The van der Waals surface area contributed by atoms with Gasteiger partial charge in [-0.2, -0.15) is 0 Å². The lowest BCUT2D eigenvalue weighted by molar-refractivity contribution is -0.0588. The summed E-state index contributed by atoms with van der Waals surface area (Å²) in [5.41, 5.74) is 0.775. The van der Waals surface area contributed by atoms with E-state index in [-0.39, 0.29) is 17.1 Å². The van der Waals surface area contributed by atoms with Gasteiger partial charge in [0.05, 0.1) is 24.9 Å². The van der Waals surface area contributed by atoms with Crippen LogP contribution in [0.4, 0.5) is 10.1 Å². The van der Waals surface area contributed by atoms with Crippen LogP contribution >= 0.6 is 0 Å². The molecule has 0 saturated carbocycles. The topological polar surface area (TPSA) is 91.1 Å². The number of carbonyl (C=O) groups is 1. The number of ether oxygens (including phenoxy) is 1. The number of anilines is 1. The number of piperazine rings is 1. The van der Waals surface area contributed by atoms with Gasteiger partial charge in [0.25, 0.3) is 5.91 Å². The van der Waals surface area contributed by atoms with Gasteiger partial charge in [-0.05, 0) is 45.4 Å². The smallest absolute Gasteiger partial charge is 0.277 e. The summed E-state index contributed by atoms with van der Waals surface area (Å²) in [7, 11) is 0. The van der Waals surface area contributed by atoms with Gasteiger partial charge in [-0.1, -0.05) is 6.07 Å². The van der Waals surface area contributed by atoms with Gasteiger partial charge in [0, 0.05) is 38.4 Å². The Morgan fingerprint density at radius 2 is 1.97 bits per heavy atom. The molecular formula is C23H33FN4O4. The zero-order valence-electron chi connectivity index (χ0n) is 19.2. The van der Waals surface area contributed by atoms with Crippen LogP contribution < -0.4 is 5.32 Å². The molecule has 2 aromatic rings. The fourth-order valence-electron chi connectivity index (χ4n) is 3.37. The van der Waals surface area contributed by atoms with Gasteiger partial charge in [-0.25, -0.2) is 9.37 Å². The van der Waals surface area contributed by atoms with Crippen LogP contribution in [0.25, 0.3) is 0 Å². The third kappa shape index (κ3) is 7.37. The van der Waals surface area contributed by atoms with Gasteiger partial charge < -0.3 is 19.6 Å². The van der Waals surface area contributed by atoms with Gasteiger partial charge in [0.15, 0.2) is 5.69 Å². The third-order valence-electron chi connectivity index (χ3n) is 5.22. The van der Waals surface area contributed by atoms with Crippen molar-refractivity contribution in [2.75, 3.05) is 44.6 Å². The minimum Gasteiger partial charge on any atom is -0.447 e. The molecule has 2 N–H and O–H groups in total. The number of hydrogen-bond donors (Lipinski definition) is 2. The van der Waals surface area contributed by atoms with Crippen molar-refractivity contribution in [1.82, 2.24) is 14.8 Å². The number of aryl methyl sites for hydroxylation is 1. The normalized spacial score (nSPS) is 16.8. The summed E-state index contributed by atoms with van der Waals surface area (Å²) in [5.74, 6) is -0.367. The predicted molar refractivity (Wildman–Crippen MR) is 119 cm³/mol. The number of benzene rings is 1. The molecular weight excluding hydrogens is 415 g/mol. The van der Waals surface area contributed by atoms with E-state index in [9.17, 15) is 14.3 Å². The Morgan fingerprint density at radius 1 is 1.28 bits per heavy atom. The number of oxazole rings is 1. The SMILES string of the molecule is Cc1ccc(NC(=O)c2coc(CN3CCN(C[C@H](O)COC(C)(C)C)CC3)n2)cc1F. The highest BCUT2D eigenvalue weighted by molar-refractivity contribution is 6.02. The molecule has 0 aliphatic carbocycles. The molecule has 1 aromatic heterocycles. The molecule has 0 unspecified atom stereocenters. The summed E-state index contributed by atoms with van der Waals surface area (Å²) < 4.78 is 24.8. The first kappa shape index (κ1) is 24.3. The molecule has 8 nitrogen and oxygen atoms in total. The predicted octanol–water partition coefficient (Wildman–Crippen LogP) is 2.67. The van der Waals surface area contributed by atoms with Crippen molar-refractivity contribution >= 4 is 11.6 Å². The number of halogens is 1. The van der Waals surface area contributed by atoms with E-state index >= 15 is 0 Å². The lowest BCUT2D eigenvalue weighted by Crippen LogP contribution is -2.49. The fraction of sp³-hybridized carbons (Fsp3) is 0.565. The van der Waals surface area contributed by atoms with E-state index in [1.807, 2.05) is 20.8 Å². The van der Waals surface area contributed by atoms with Gasteiger partial charge in [-0.3, -0.25) is 14.6 Å². The highest BCUT2D eigenvalue weighted by Crippen LogP contribution is 2.16. The summed E-state index contributed by atoms with van der Waals surface area (Å²) in [4.78, 5) is 21.0. The number of carbonyl (C=O) groups excluding carboxylic acids is 1. The Bertz CT molecular complexity index is 904. The summed E-state index contributed by atoms with van der Waals surface area (Å²) in [5, 5.41) is 12.8. The molecule has 1 atom stereocenters. The highest BCUT2D eigenvalue weighted by Gasteiger charge is 2.22. The van der Waals surface area contributed by atoms with Crippen molar-refractivity contribution < 1.29 is 23.4 Å². The molecule has 0 bridgehead atoms. The van der Waals surface area contributed by atoms with E-state index in [0.717, 1.165) is 26.2 Å². The number of aliphatic hydroxyl groups excluding tert-OH is 1. The number of aliphatic hydroxyl groups is 1. The lowest BCUT2D eigenvalue weighted by atomic mass is 10.2. The number of β-amino-alcohol motifs (C(OH)–C–C–N with tert-alkyl or cyclic N) is 1. The summed E-state index contributed by atoms with van der Waals surface area (Å²) >= 11 is 0. The number of hydrogen-bond acceptors (Lipinski definition) is 7. The Hall–Kier alpha value is -2.33. The maximum atomic E-state index is 13.7. The molecule has 3 rings (SSSR count). The Balaban J connectivity index is 1.43. The largest absolute Gasteiger partial charge is 0.447 e. The van der Waals surface area contributed by atoms with Crippen LogP contribution in [0.3, 0.4) is 0 Å². The van der Waals surface area contributed by atoms with Crippen molar-refractivity contribution in [2.24, 2.45) is 0 Å². The number of rotatable bonds is 8. The van der Waals surface area contributed by atoms with Crippen LogP contribution in [0.2, 0.25) is 0 Å². The molecule has 0 radical (unpaired) electrons. The average Bonchev–Trinajstić information content (AvgIpc) is 3.19. The Labute approximate surface area is 188 Å². The van der Waals surface area contributed by atoms with E-state index in [1.165, 1.54) is 12.3 Å². The molecule has 32 heavy (non-hydrogen) atoms. The monoisotopic (exact) mass is 448 g/mol. The van der Waals surface area contributed by atoms with Crippen LogP contribution in [-0.2, 0) is 11.3 Å². The third-order valence-corrected chi connectivity index (χ3v) is 5.22. The molecule has 1 saturated heterocycles. The zero-order valence-corrected chi connectivity index (χ0v) is 19.2. The van der Waals surface area contributed by atoms with Gasteiger partial charge >= 0.3 is 0 Å². The Morgan fingerprint density at radius 3 is 2.62 bits per heavy atom. The maximum Gasteiger partial charge on any atom is 0.277 e. The number of nitrogens with one attached hydrogen (secondary N) is 1. The summed E-state index contributed by atoms with van der Waals surface area (Å²) in [6.07, 6.45) is 0.799. The number of aromatic nitrogens is 1. The van der Waals surface area contributed by atoms with E-state index in [1.54, 1.807) is 19.1 Å². The minimum absolute atomic E-state index is 0.154. The second-order valence-corrected chi connectivity index (χ2v) is 9.20. The standard InChI is InChI=1S/C23H33FN4O4/c1-16-5-6-17(11-19(16)24)25-22(30)20-15-31-21(26-20)13-28-9-7-27(8-10-28)12-18(29)14-32-23(2,3)4/h5-6,11,15,18,29H,7-10,12-14H2,1-4H3,(H,25,30)/t18-/m0/s1. The van der Waals surface area contributed by atoms with Crippen molar-refractivity contribution in [3.63, 3.8) is 0 Å². The lowest BCUT2D eigenvalue weighted by Gasteiger charge is -2.35. The van der Waals surface area contributed by atoms with Crippen LogP contribution in [0.5, 0.6) is 0 Å². The molecule has 0 spiro atoms. The Kier molecular flexibility index (Phi) is 8.00. The summed E-state index contributed by atoms with van der Waals surface area (Å²) in [6, 6.07) is 4.53. The molecule has 1 aliphatic rings. The van der Waals surface area contributed by atoms with E-state index < -0.39 is 12.0 Å². The fourth-order valence-corrected chi connectivity index (χ4v) is 3.37. The molecule has 1 aromatic carbocycles. The van der Waals surface area contributed by atoms with Crippen molar-refractivity contribution in [2.45, 2.75) is 45.9 Å². The molecule has 176 valence electrons. The second kappa shape index (κ2) is 10.5. The first-order chi connectivity index (χ1) is 15.1. The van der Waals surface area contributed by atoms with Crippen LogP contribution in [-0.4, -0.2) is 76.8 Å². The van der Waals surface area contributed by atoms with Crippen LogP contribution in [0.15, 0.2) is 28.9 Å². The van der Waals surface area contributed by atoms with Crippen molar-refractivity contribution in [1.29, 1.82) is 0 Å².